The average Bonchev–Trinajstić information content (AvgIpc) is 2.68. The molecule has 1 aliphatic rings. The first kappa shape index (κ1) is 20.0. The molecule has 150 valence electrons. The minimum atomic E-state index is -4.83. The van der Waals surface area contributed by atoms with Crippen molar-refractivity contribution in [3.8, 4) is 11.5 Å². The Morgan fingerprint density at radius 1 is 1.07 bits per heavy atom. The van der Waals surface area contributed by atoms with Crippen LogP contribution in [-0.2, 0) is 6.42 Å². The molecule has 1 fully saturated rings. The van der Waals surface area contributed by atoms with E-state index in [-0.39, 0.29) is 5.56 Å². The maximum Gasteiger partial charge on any atom is 0.573 e. The van der Waals surface area contributed by atoms with Crippen molar-refractivity contribution < 1.29 is 27.4 Å². The second-order valence-electron chi connectivity index (χ2n) is 6.83. The van der Waals surface area contributed by atoms with Gasteiger partial charge in [0.15, 0.2) is 0 Å². The van der Waals surface area contributed by atoms with Gasteiger partial charge in [0.1, 0.15) is 11.5 Å². The number of carbonyl (C=O) groups is 1. The first-order valence-electron chi connectivity index (χ1n) is 9.12. The van der Waals surface area contributed by atoms with Gasteiger partial charge in [0, 0.05) is 13.1 Å². The van der Waals surface area contributed by atoms with E-state index < -0.39 is 18.0 Å². The molecule has 0 bridgehead atoms. The number of para-hydroxylation sites is 1. The highest BCUT2D eigenvalue weighted by atomic mass is 19.4. The van der Waals surface area contributed by atoms with Crippen LogP contribution in [0.25, 0.3) is 0 Å². The van der Waals surface area contributed by atoms with E-state index in [1.54, 1.807) is 12.0 Å². The van der Waals surface area contributed by atoms with E-state index in [1.165, 1.54) is 23.8 Å². The van der Waals surface area contributed by atoms with E-state index in [0.717, 1.165) is 31.1 Å². The number of hydrogen-bond acceptors (Lipinski definition) is 3. The summed E-state index contributed by atoms with van der Waals surface area (Å²) >= 11 is 0. The lowest BCUT2D eigenvalue weighted by Gasteiger charge is -2.32. The normalized spacial score (nSPS) is 15.4. The third-order valence-electron chi connectivity index (χ3n) is 4.93. The molecule has 0 atom stereocenters. The van der Waals surface area contributed by atoms with Gasteiger partial charge in [-0.25, -0.2) is 0 Å². The lowest BCUT2D eigenvalue weighted by molar-refractivity contribution is -0.274. The summed E-state index contributed by atoms with van der Waals surface area (Å²) in [6.45, 7) is 1.03. The number of halogens is 3. The zero-order chi connectivity index (χ0) is 20.1. The van der Waals surface area contributed by atoms with Crippen molar-refractivity contribution in [2.45, 2.75) is 25.6 Å². The average molecular weight is 393 g/mol. The van der Waals surface area contributed by atoms with Crippen LogP contribution in [0.2, 0.25) is 0 Å². The minimum absolute atomic E-state index is 0.0616. The maximum absolute atomic E-state index is 12.7. The van der Waals surface area contributed by atoms with Gasteiger partial charge in [-0.05, 0) is 55.0 Å². The van der Waals surface area contributed by atoms with Crippen molar-refractivity contribution in [2.24, 2.45) is 5.92 Å². The number of rotatable bonds is 5. The number of alkyl halides is 3. The molecule has 0 radical (unpaired) electrons. The van der Waals surface area contributed by atoms with E-state index in [9.17, 15) is 18.0 Å². The van der Waals surface area contributed by atoms with E-state index in [4.69, 9.17) is 4.74 Å². The summed E-state index contributed by atoms with van der Waals surface area (Å²) in [5.74, 6) is 0.353. The van der Waals surface area contributed by atoms with Gasteiger partial charge in [-0.2, -0.15) is 0 Å². The number of methoxy groups -OCH3 is 1. The van der Waals surface area contributed by atoms with Crippen LogP contribution in [0.1, 0.15) is 28.8 Å². The number of hydrogen-bond donors (Lipinski definition) is 0. The number of piperidine rings is 1. The summed E-state index contributed by atoms with van der Waals surface area (Å²) in [5, 5.41) is 0. The molecule has 1 saturated heterocycles. The second-order valence-corrected chi connectivity index (χ2v) is 6.83. The van der Waals surface area contributed by atoms with E-state index in [2.05, 4.69) is 4.74 Å². The Morgan fingerprint density at radius 3 is 2.32 bits per heavy atom. The van der Waals surface area contributed by atoms with Crippen molar-refractivity contribution in [3.05, 3.63) is 59.7 Å². The largest absolute Gasteiger partial charge is 0.573 e. The number of carbonyl (C=O) groups excluding carboxylic acids is 1. The highest BCUT2D eigenvalue weighted by Crippen LogP contribution is 2.29. The molecule has 28 heavy (non-hydrogen) atoms. The lowest BCUT2D eigenvalue weighted by Crippen LogP contribution is -2.39. The molecule has 7 heteroatoms. The third kappa shape index (κ3) is 5.18. The first-order valence-corrected chi connectivity index (χ1v) is 9.12. The molecule has 1 amide bonds. The van der Waals surface area contributed by atoms with Crippen molar-refractivity contribution in [1.29, 1.82) is 0 Å². The molecule has 3 rings (SSSR count). The van der Waals surface area contributed by atoms with Gasteiger partial charge in [-0.15, -0.1) is 13.2 Å². The predicted molar refractivity (Wildman–Crippen MR) is 98.5 cm³/mol. The van der Waals surface area contributed by atoms with Gasteiger partial charge in [0.25, 0.3) is 5.91 Å². The van der Waals surface area contributed by atoms with Crippen molar-refractivity contribution in [3.63, 3.8) is 0 Å². The van der Waals surface area contributed by atoms with Crippen LogP contribution in [0.4, 0.5) is 13.2 Å². The Labute approximate surface area is 161 Å². The molecule has 0 saturated carbocycles. The molecule has 0 aliphatic carbocycles. The van der Waals surface area contributed by atoms with Gasteiger partial charge >= 0.3 is 6.36 Å². The van der Waals surface area contributed by atoms with Crippen LogP contribution < -0.4 is 9.47 Å². The number of ether oxygens (including phenoxy) is 2. The summed E-state index contributed by atoms with van der Waals surface area (Å²) in [7, 11) is 1.62. The van der Waals surface area contributed by atoms with E-state index in [0.29, 0.717) is 19.0 Å². The van der Waals surface area contributed by atoms with Crippen molar-refractivity contribution >= 4 is 5.91 Å². The Balaban J connectivity index is 1.59. The maximum atomic E-state index is 12.7. The Kier molecular flexibility index (Phi) is 6.11. The molecule has 2 aromatic carbocycles. The highest BCUT2D eigenvalue weighted by Gasteiger charge is 2.34. The fourth-order valence-corrected chi connectivity index (χ4v) is 3.46. The third-order valence-corrected chi connectivity index (χ3v) is 4.93. The summed E-state index contributed by atoms with van der Waals surface area (Å²) in [6.07, 6.45) is -2.32. The SMILES string of the molecule is COc1ccc(CC2CCN(C(=O)c3ccccc3OC(F)(F)F)CC2)cc1. The molecular weight excluding hydrogens is 371 g/mol. The minimum Gasteiger partial charge on any atom is -0.497 e. The smallest absolute Gasteiger partial charge is 0.497 e. The molecule has 0 N–H and O–H groups in total. The van der Waals surface area contributed by atoms with Crippen LogP contribution in [0, 0.1) is 5.92 Å². The standard InChI is InChI=1S/C21H22F3NO3/c1-27-17-8-6-15(7-9-17)14-16-10-12-25(13-11-16)20(26)18-4-2-3-5-19(18)28-21(22,23)24/h2-9,16H,10-14H2,1H3. The molecule has 0 aromatic heterocycles. The van der Waals surface area contributed by atoms with Crippen LogP contribution in [0.3, 0.4) is 0 Å². The van der Waals surface area contributed by atoms with Gasteiger partial charge in [-0.3, -0.25) is 4.79 Å². The number of nitrogens with zero attached hydrogens (tertiary/aromatic N) is 1. The summed E-state index contributed by atoms with van der Waals surface area (Å²) < 4.78 is 46.9. The Bertz CT molecular complexity index is 797. The fourth-order valence-electron chi connectivity index (χ4n) is 3.46. The molecule has 4 nitrogen and oxygen atoms in total. The van der Waals surface area contributed by atoms with E-state index in [1.807, 2.05) is 24.3 Å². The second kappa shape index (κ2) is 8.54. The summed E-state index contributed by atoms with van der Waals surface area (Å²) in [6, 6.07) is 13.4. The molecular formula is C21H22F3NO3. The van der Waals surface area contributed by atoms with Gasteiger partial charge in [-0.1, -0.05) is 24.3 Å². The van der Waals surface area contributed by atoms with Crippen LogP contribution >= 0.6 is 0 Å². The van der Waals surface area contributed by atoms with E-state index >= 15 is 0 Å². The van der Waals surface area contributed by atoms with Gasteiger partial charge in [0.05, 0.1) is 12.7 Å². The van der Waals surface area contributed by atoms with Crippen molar-refractivity contribution in [2.75, 3.05) is 20.2 Å². The Hall–Kier alpha value is -2.70. The van der Waals surface area contributed by atoms with Crippen LogP contribution in [0.5, 0.6) is 11.5 Å². The predicted octanol–water partition coefficient (Wildman–Crippen LogP) is 4.69. The van der Waals surface area contributed by atoms with Crippen LogP contribution in [-0.4, -0.2) is 37.4 Å². The zero-order valence-corrected chi connectivity index (χ0v) is 15.5. The quantitative estimate of drug-likeness (QED) is 0.740. The molecule has 1 heterocycles. The number of likely N-dealkylation sites (tertiary alicyclic amines) is 1. The highest BCUT2D eigenvalue weighted by molar-refractivity contribution is 5.97. The lowest BCUT2D eigenvalue weighted by atomic mass is 9.90. The summed E-state index contributed by atoms with van der Waals surface area (Å²) in [5.41, 5.74) is 1.14. The van der Waals surface area contributed by atoms with Crippen molar-refractivity contribution in [1.82, 2.24) is 4.90 Å². The van der Waals surface area contributed by atoms with Crippen LogP contribution in [0.15, 0.2) is 48.5 Å². The zero-order valence-electron chi connectivity index (χ0n) is 15.5. The van der Waals surface area contributed by atoms with Gasteiger partial charge < -0.3 is 14.4 Å². The fraction of sp³-hybridized carbons (Fsp3) is 0.381. The monoisotopic (exact) mass is 393 g/mol. The molecule has 2 aromatic rings. The Morgan fingerprint density at radius 2 is 1.71 bits per heavy atom. The van der Waals surface area contributed by atoms with Gasteiger partial charge in [0.2, 0.25) is 0 Å². The first-order chi connectivity index (χ1) is 13.4. The molecule has 0 spiro atoms. The summed E-state index contributed by atoms with van der Waals surface area (Å²) in [4.78, 5) is 14.3. The molecule has 1 aliphatic heterocycles. The topological polar surface area (TPSA) is 38.8 Å². The number of amides is 1. The molecule has 0 unspecified atom stereocenters. The number of benzene rings is 2.